The molecule has 0 amide bonds. The van der Waals surface area contributed by atoms with Crippen LogP contribution in [0.4, 0.5) is 5.69 Å². The van der Waals surface area contributed by atoms with Crippen LogP contribution in [-0.2, 0) is 6.54 Å². The van der Waals surface area contributed by atoms with Crippen LogP contribution in [0.3, 0.4) is 0 Å². The fraction of sp³-hybridized carbons (Fsp3) is 0.133. The monoisotopic (exact) mass is 290 g/mol. The van der Waals surface area contributed by atoms with E-state index in [4.69, 9.17) is 28.5 Å². The van der Waals surface area contributed by atoms with Gasteiger partial charge in [-0.15, -0.1) is 0 Å². The van der Waals surface area contributed by atoms with Crippen molar-refractivity contribution in [2.45, 2.75) is 13.5 Å². The Morgan fingerprint density at radius 2 is 1.95 bits per heavy atom. The van der Waals surface area contributed by atoms with Crippen molar-refractivity contribution in [1.29, 1.82) is 5.26 Å². The zero-order chi connectivity index (χ0) is 13.8. The molecule has 2 aromatic carbocycles. The van der Waals surface area contributed by atoms with Crippen LogP contribution in [0.25, 0.3) is 0 Å². The molecule has 0 aliphatic carbocycles. The summed E-state index contributed by atoms with van der Waals surface area (Å²) in [5, 5.41) is 13.5. The van der Waals surface area contributed by atoms with Gasteiger partial charge in [-0.3, -0.25) is 0 Å². The van der Waals surface area contributed by atoms with E-state index in [2.05, 4.69) is 11.4 Å². The molecule has 2 rings (SSSR count). The highest BCUT2D eigenvalue weighted by Gasteiger charge is 2.05. The van der Waals surface area contributed by atoms with Crippen LogP contribution in [0.5, 0.6) is 0 Å². The van der Waals surface area contributed by atoms with Gasteiger partial charge in [-0.25, -0.2) is 0 Å². The van der Waals surface area contributed by atoms with Crippen LogP contribution in [0.1, 0.15) is 16.7 Å². The summed E-state index contributed by atoms with van der Waals surface area (Å²) in [6.45, 7) is 2.51. The lowest BCUT2D eigenvalue weighted by molar-refractivity contribution is 1.14. The summed E-state index contributed by atoms with van der Waals surface area (Å²) < 4.78 is 0. The zero-order valence-electron chi connectivity index (χ0n) is 10.4. The summed E-state index contributed by atoms with van der Waals surface area (Å²) in [6, 6.07) is 13.4. The van der Waals surface area contributed by atoms with E-state index in [0.29, 0.717) is 22.2 Å². The van der Waals surface area contributed by atoms with Gasteiger partial charge < -0.3 is 5.32 Å². The SMILES string of the molecule is Cc1cccc(NCc2ccc(Cl)c(Cl)c2)c1C#N. The first-order chi connectivity index (χ1) is 9.11. The van der Waals surface area contributed by atoms with E-state index in [1.165, 1.54) is 0 Å². The topological polar surface area (TPSA) is 35.8 Å². The van der Waals surface area contributed by atoms with Crippen LogP contribution in [0.2, 0.25) is 10.0 Å². The standard InChI is InChI=1S/C15H12Cl2N2/c1-10-3-2-4-15(12(10)8-18)19-9-11-5-6-13(16)14(17)7-11/h2-7,19H,9H2,1H3. The first-order valence-corrected chi connectivity index (χ1v) is 6.55. The number of nitriles is 1. The molecule has 0 fully saturated rings. The number of halogens is 2. The van der Waals surface area contributed by atoms with Crippen molar-refractivity contribution >= 4 is 28.9 Å². The largest absolute Gasteiger partial charge is 0.380 e. The van der Waals surface area contributed by atoms with Crippen LogP contribution in [0.15, 0.2) is 36.4 Å². The third kappa shape index (κ3) is 3.20. The van der Waals surface area contributed by atoms with Gasteiger partial charge in [0, 0.05) is 6.54 Å². The van der Waals surface area contributed by atoms with E-state index in [-0.39, 0.29) is 0 Å². The first kappa shape index (κ1) is 13.7. The molecule has 0 unspecified atom stereocenters. The average molecular weight is 291 g/mol. The number of anilines is 1. The predicted molar refractivity (Wildman–Crippen MR) is 79.7 cm³/mol. The molecule has 0 radical (unpaired) electrons. The molecule has 96 valence electrons. The number of rotatable bonds is 3. The van der Waals surface area contributed by atoms with Crippen molar-refractivity contribution in [2.24, 2.45) is 0 Å². The second kappa shape index (κ2) is 5.97. The molecule has 0 spiro atoms. The van der Waals surface area contributed by atoms with Gasteiger partial charge in [0.05, 0.1) is 21.3 Å². The molecule has 0 atom stereocenters. The van der Waals surface area contributed by atoms with Gasteiger partial charge in [0.1, 0.15) is 6.07 Å². The maximum Gasteiger partial charge on any atom is 0.102 e. The van der Waals surface area contributed by atoms with Crippen LogP contribution in [0, 0.1) is 18.3 Å². The normalized spacial score (nSPS) is 10.0. The van der Waals surface area contributed by atoms with Gasteiger partial charge >= 0.3 is 0 Å². The number of nitrogens with one attached hydrogen (secondary N) is 1. The Morgan fingerprint density at radius 1 is 1.16 bits per heavy atom. The second-order valence-electron chi connectivity index (χ2n) is 4.21. The Kier molecular flexibility index (Phi) is 4.31. The summed E-state index contributed by atoms with van der Waals surface area (Å²) >= 11 is 11.8. The van der Waals surface area contributed by atoms with Crippen molar-refractivity contribution in [1.82, 2.24) is 0 Å². The number of nitrogens with zero attached hydrogens (tertiary/aromatic N) is 1. The van der Waals surface area contributed by atoms with Gasteiger partial charge in [-0.05, 0) is 36.2 Å². The van der Waals surface area contributed by atoms with Gasteiger partial charge in [-0.1, -0.05) is 41.4 Å². The Hall–Kier alpha value is -1.69. The molecule has 2 nitrogen and oxygen atoms in total. The molecule has 0 aromatic heterocycles. The number of aryl methyl sites for hydroxylation is 1. The average Bonchev–Trinajstić information content (AvgIpc) is 2.40. The quantitative estimate of drug-likeness (QED) is 0.882. The summed E-state index contributed by atoms with van der Waals surface area (Å²) in [5.41, 5.74) is 3.47. The molecule has 2 aromatic rings. The van der Waals surface area contributed by atoms with Crippen LogP contribution in [-0.4, -0.2) is 0 Å². The minimum Gasteiger partial charge on any atom is -0.380 e. The lowest BCUT2D eigenvalue weighted by Crippen LogP contribution is -2.02. The Bertz CT molecular complexity index is 645. The van der Waals surface area contributed by atoms with E-state index >= 15 is 0 Å². The molecule has 0 aliphatic heterocycles. The predicted octanol–water partition coefficient (Wildman–Crippen LogP) is 4.79. The van der Waals surface area contributed by atoms with Crippen molar-refractivity contribution in [3.63, 3.8) is 0 Å². The summed E-state index contributed by atoms with van der Waals surface area (Å²) in [4.78, 5) is 0. The second-order valence-corrected chi connectivity index (χ2v) is 5.03. The third-order valence-corrected chi connectivity index (χ3v) is 3.59. The maximum absolute atomic E-state index is 9.15. The van der Waals surface area contributed by atoms with Crippen molar-refractivity contribution < 1.29 is 0 Å². The molecular weight excluding hydrogens is 279 g/mol. The summed E-state index contributed by atoms with van der Waals surface area (Å²) in [6.07, 6.45) is 0. The maximum atomic E-state index is 9.15. The molecule has 0 aliphatic rings. The van der Waals surface area contributed by atoms with E-state index < -0.39 is 0 Å². The van der Waals surface area contributed by atoms with Gasteiger partial charge in [0.2, 0.25) is 0 Å². The van der Waals surface area contributed by atoms with Gasteiger partial charge in [-0.2, -0.15) is 5.26 Å². The summed E-state index contributed by atoms with van der Waals surface area (Å²) in [7, 11) is 0. The van der Waals surface area contributed by atoms with Crippen LogP contribution >= 0.6 is 23.2 Å². The molecule has 1 N–H and O–H groups in total. The van der Waals surface area contributed by atoms with Crippen molar-refractivity contribution in [2.75, 3.05) is 5.32 Å². The minimum atomic E-state index is 0.533. The molecule has 0 bridgehead atoms. The van der Waals surface area contributed by atoms with E-state index in [0.717, 1.165) is 16.8 Å². The lowest BCUT2D eigenvalue weighted by Gasteiger charge is -2.10. The fourth-order valence-electron chi connectivity index (χ4n) is 1.81. The fourth-order valence-corrected chi connectivity index (χ4v) is 2.13. The number of hydrogen-bond donors (Lipinski definition) is 1. The number of hydrogen-bond acceptors (Lipinski definition) is 2. The Balaban J connectivity index is 2.17. The Labute approximate surface area is 122 Å². The van der Waals surface area contributed by atoms with Crippen molar-refractivity contribution in [3.8, 4) is 6.07 Å². The smallest absolute Gasteiger partial charge is 0.102 e. The summed E-state index contributed by atoms with van der Waals surface area (Å²) in [5.74, 6) is 0. The molecule has 19 heavy (non-hydrogen) atoms. The first-order valence-electron chi connectivity index (χ1n) is 5.79. The Morgan fingerprint density at radius 3 is 2.63 bits per heavy atom. The molecule has 0 saturated heterocycles. The van der Waals surface area contributed by atoms with Crippen molar-refractivity contribution in [3.05, 3.63) is 63.1 Å². The highest BCUT2D eigenvalue weighted by molar-refractivity contribution is 6.42. The molecule has 4 heteroatoms. The van der Waals surface area contributed by atoms with Gasteiger partial charge in [0.25, 0.3) is 0 Å². The van der Waals surface area contributed by atoms with E-state index in [1.54, 1.807) is 6.07 Å². The molecule has 0 saturated carbocycles. The molecular formula is C15H12Cl2N2. The molecule has 0 heterocycles. The highest BCUT2D eigenvalue weighted by Crippen LogP contribution is 2.24. The van der Waals surface area contributed by atoms with Crippen LogP contribution < -0.4 is 5.32 Å². The minimum absolute atomic E-state index is 0.533. The zero-order valence-corrected chi connectivity index (χ0v) is 11.9. The van der Waals surface area contributed by atoms with Gasteiger partial charge in [0.15, 0.2) is 0 Å². The van der Waals surface area contributed by atoms with E-state index in [1.807, 2.05) is 37.3 Å². The lowest BCUT2D eigenvalue weighted by atomic mass is 10.1. The third-order valence-electron chi connectivity index (χ3n) is 2.85. The number of benzene rings is 2. The highest BCUT2D eigenvalue weighted by atomic mass is 35.5. The van der Waals surface area contributed by atoms with E-state index in [9.17, 15) is 0 Å².